The van der Waals surface area contributed by atoms with Crippen LogP contribution in [0.2, 0.25) is 0 Å². The maximum absolute atomic E-state index is 12.8. The van der Waals surface area contributed by atoms with Gasteiger partial charge in [0, 0.05) is 19.3 Å². The van der Waals surface area contributed by atoms with Gasteiger partial charge in [0.05, 0.1) is 0 Å². The lowest BCUT2D eigenvalue weighted by Crippen LogP contribution is -2.30. The molecule has 0 saturated carbocycles. The molecule has 0 saturated heterocycles. The standard InChI is InChI=1S/C56H90O6/c1-4-7-10-13-16-19-22-25-27-28-30-31-34-37-40-43-46-49-55(58)61-52-53(51-60-54(57)48-45-42-39-36-33-24-21-18-15-12-9-6-3)62-56(59)50-47-44-41-38-35-32-29-26-23-20-17-14-11-8-5-2/h8-9,11-12,14,17-18,20-21,23,25-27,29,32-33,35-36,53H,4-7,10,13,15-16,19,22,24,28,30-31,34,37-52H2,1-3H3/b11-8-,12-9-,17-14-,21-18-,23-20-,27-25-,29-26-,35-32-,36-33-. The molecule has 6 nitrogen and oxygen atoms in total. The Hall–Kier alpha value is -3.93. The first-order valence-electron chi connectivity index (χ1n) is 25.0. The molecule has 1 atom stereocenters. The molecule has 0 aliphatic heterocycles. The van der Waals surface area contributed by atoms with Crippen LogP contribution in [0.15, 0.2) is 109 Å². The predicted molar refractivity (Wildman–Crippen MR) is 265 cm³/mol. The zero-order valence-electron chi connectivity index (χ0n) is 39.8. The van der Waals surface area contributed by atoms with Crippen LogP contribution in [0.5, 0.6) is 0 Å². The Morgan fingerprint density at radius 2 is 0.710 bits per heavy atom. The van der Waals surface area contributed by atoms with Gasteiger partial charge in [0.1, 0.15) is 13.2 Å². The molecule has 0 radical (unpaired) electrons. The van der Waals surface area contributed by atoms with E-state index < -0.39 is 6.10 Å². The van der Waals surface area contributed by atoms with Crippen molar-refractivity contribution >= 4 is 17.9 Å². The van der Waals surface area contributed by atoms with Gasteiger partial charge in [-0.2, -0.15) is 0 Å². The van der Waals surface area contributed by atoms with Gasteiger partial charge in [-0.25, -0.2) is 0 Å². The monoisotopic (exact) mass is 859 g/mol. The van der Waals surface area contributed by atoms with E-state index in [4.69, 9.17) is 14.2 Å². The molecule has 0 aliphatic rings. The number of unbranched alkanes of at least 4 members (excludes halogenated alkanes) is 18. The van der Waals surface area contributed by atoms with E-state index in [2.05, 4.69) is 81.5 Å². The van der Waals surface area contributed by atoms with Crippen LogP contribution in [0.1, 0.15) is 207 Å². The van der Waals surface area contributed by atoms with Crippen LogP contribution in [0.25, 0.3) is 0 Å². The Balaban J connectivity index is 4.51. The number of carbonyl (C=O) groups is 3. The Bertz CT molecular complexity index is 1310. The van der Waals surface area contributed by atoms with Gasteiger partial charge in [0.2, 0.25) is 0 Å². The minimum absolute atomic E-state index is 0.112. The summed E-state index contributed by atoms with van der Waals surface area (Å²) in [6.45, 7) is 6.28. The highest BCUT2D eigenvalue weighted by atomic mass is 16.6. The van der Waals surface area contributed by atoms with Crippen molar-refractivity contribution < 1.29 is 28.6 Å². The van der Waals surface area contributed by atoms with Crippen LogP contribution in [0, 0.1) is 0 Å². The molecule has 0 heterocycles. The third kappa shape index (κ3) is 47.1. The second-order valence-corrected chi connectivity index (χ2v) is 16.1. The fraction of sp³-hybridized carbons (Fsp3) is 0.625. The molecule has 0 aromatic heterocycles. The molecular weight excluding hydrogens is 769 g/mol. The molecule has 0 spiro atoms. The van der Waals surface area contributed by atoms with Crippen LogP contribution in [0.3, 0.4) is 0 Å². The molecule has 0 rings (SSSR count). The molecule has 62 heavy (non-hydrogen) atoms. The molecule has 0 amide bonds. The summed E-state index contributed by atoms with van der Waals surface area (Å²) in [7, 11) is 0. The van der Waals surface area contributed by atoms with Crippen LogP contribution < -0.4 is 0 Å². The van der Waals surface area contributed by atoms with E-state index in [1.165, 1.54) is 77.0 Å². The van der Waals surface area contributed by atoms with Gasteiger partial charge in [0.25, 0.3) is 0 Å². The quantitative estimate of drug-likeness (QED) is 0.0200. The van der Waals surface area contributed by atoms with Gasteiger partial charge in [-0.1, -0.05) is 201 Å². The first-order chi connectivity index (χ1) is 30.5. The van der Waals surface area contributed by atoms with Crippen molar-refractivity contribution in [2.75, 3.05) is 13.2 Å². The summed E-state index contributed by atoms with van der Waals surface area (Å²) in [6.07, 6.45) is 66.5. The molecule has 0 bridgehead atoms. The summed E-state index contributed by atoms with van der Waals surface area (Å²) in [5, 5.41) is 0. The van der Waals surface area contributed by atoms with E-state index in [1.54, 1.807) is 0 Å². The maximum atomic E-state index is 12.8. The summed E-state index contributed by atoms with van der Waals surface area (Å²) in [6, 6.07) is 0. The second kappa shape index (κ2) is 49.7. The number of ether oxygens (including phenoxy) is 3. The highest BCUT2D eigenvalue weighted by Crippen LogP contribution is 2.13. The van der Waals surface area contributed by atoms with Gasteiger partial charge in [-0.15, -0.1) is 0 Å². The number of rotatable bonds is 43. The van der Waals surface area contributed by atoms with E-state index in [1.807, 2.05) is 48.6 Å². The Morgan fingerprint density at radius 1 is 0.355 bits per heavy atom. The van der Waals surface area contributed by atoms with Crippen molar-refractivity contribution in [1.82, 2.24) is 0 Å². The summed E-state index contributed by atoms with van der Waals surface area (Å²) in [4.78, 5) is 37.9. The van der Waals surface area contributed by atoms with E-state index in [-0.39, 0.29) is 37.5 Å². The zero-order valence-corrected chi connectivity index (χ0v) is 39.8. The Morgan fingerprint density at radius 3 is 1.24 bits per heavy atom. The smallest absolute Gasteiger partial charge is 0.306 e. The van der Waals surface area contributed by atoms with Gasteiger partial charge in [0.15, 0.2) is 6.10 Å². The topological polar surface area (TPSA) is 78.9 Å². The average molecular weight is 859 g/mol. The fourth-order valence-corrected chi connectivity index (χ4v) is 6.41. The Labute approximate surface area is 380 Å². The highest BCUT2D eigenvalue weighted by molar-refractivity contribution is 5.71. The number of hydrogen-bond donors (Lipinski definition) is 0. The van der Waals surface area contributed by atoms with Crippen LogP contribution in [-0.4, -0.2) is 37.2 Å². The summed E-state index contributed by atoms with van der Waals surface area (Å²) in [5.41, 5.74) is 0. The summed E-state index contributed by atoms with van der Waals surface area (Å²) >= 11 is 0. The molecule has 0 fully saturated rings. The lowest BCUT2D eigenvalue weighted by atomic mass is 10.1. The zero-order chi connectivity index (χ0) is 45.1. The number of esters is 3. The largest absolute Gasteiger partial charge is 0.462 e. The van der Waals surface area contributed by atoms with E-state index in [0.717, 1.165) is 77.0 Å². The number of hydrogen-bond acceptors (Lipinski definition) is 6. The van der Waals surface area contributed by atoms with Crippen LogP contribution in [-0.2, 0) is 28.6 Å². The lowest BCUT2D eigenvalue weighted by molar-refractivity contribution is -0.167. The second-order valence-electron chi connectivity index (χ2n) is 16.1. The summed E-state index contributed by atoms with van der Waals surface area (Å²) in [5.74, 6) is -1.01. The molecule has 350 valence electrons. The van der Waals surface area contributed by atoms with Crippen LogP contribution in [0.4, 0.5) is 0 Å². The highest BCUT2D eigenvalue weighted by Gasteiger charge is 2.19. The van der Waals surface area contributed by atoms with E-state index >= 15 is 0 Å². The molecule has 1 unspecified atom stereocenters. The average Bonchev–Trinajstić information content (AvgIpc) is 3.27. The van der Waals surface area contributed by atoms with Crippen LogP contribution >= 0.6 is 0 Å². The van der Waals surface area contributed by atoms with Gasteiger partial charge >= 0.3 is 17.9 Å². The van der Waals surface area contributed by atoms with E-state index in [0.29, 0.717) is 25.7 Å². The number of carbonyl (C=O) groups excluding carboxylic acids is 3. The molecular formula is C56H90O6. The first-order valence-corrected chi connectivity index (χ1v) is 25.0. The van der Waals surface area contributed by atoms with Crippen molar-refractivity contribution in [3.8, 4) is 0 Å². The minimum Gasteiger partial charge on any atom is -0.462 e. The van der Waals surface area contributed by atoms with Crippen molar-refractivity contribution in [3.63, 3.8) is 0 Å². The van der Waals surface area contributed by atoms with Gasteiger partial charge < -0.3 is 14.2 Å². The first kappa shape index (κ1) is 58.1. The van der Waals surface area contributed by atoms with Crippen molar-refractivity contribution in [2.45, 2.75) is 213 Å². The molecule has 6 heteroatoms. The van der Waals surface area contributed by atoms with Crippen molar-refractivity contribution in [2.24, 2.45) is 0 Å². The normalized spacial score (nSPS) is 13.0. The SMILES string of the molecule is CC\C=C/C=C\C=C/C=C\C=C/CCCCCC(=O)OC(COC(=O)CCCC/C=C\C/C=C\C/C=C\CC)COC(=O)CCCCCCCCC/C=C\CCCCCCCC. The molecule has 0 aliphatic carbocycles. The summed E-state index contributed by atoms with van der Waals surface area (Å²) < 4.78 is 16.7. The minimum atomic E-state index is -0.818. The van der Waals surface area contributed by atoms with Gasteiger partial charge in [-0.05, 0) is 96.3 Å². The third-order valence-corrected chi connectivity index (χ3v) is 10.1. The molecule has 0 aromatic carbocycles. The van der Waals surface area contributed by atoms with Crippen molar-refractivity contribution in [1.29, 1.82) is 0 Å². The van der Waals surface area contributed by atoms with Crippen molar-refractivity contribution in [3.05, 3.63) is 109 Å². The van der Waals surface area contributed by atoms with E-state index in [9.17, 15) is 14.4 Å². The maximum Gasteiger partial charge on any atom is 0.306 e. The van der Waals surface area contributed by atoms with Gasteiger partial charge in [-0.3, -0.25) is 14.4 Å². The fourth-order valence-electron chi connectivity index (χ4n) is 6.41. The Kier molecular flexibility index (Phi) is 46.6. The molecule has 0 N–H and O–H groups in total. The number of allylic oxidation sites excluding steroid dienone is 18. The predicted octanol–water partition coefficient (Wildman–Crippen LogP) is 16.4. The molecule has 0 aromatic rings. The third-order valence-electron chi connectivity index (χ3n) is 10.1. The lowest BCUT2D eigenvalue weighted by Gasteiger charge is -2.18.